The Morgan fingerprint density at radius 1 is 1.17 bits per heavy atom. The Labute approximate surface area is 269 Å². The van der Waals surface area contributed by atoms with Crippen molar-refractivity contribution in [3.63, 3.8) is 0 Å². The van der Waals surface area contributed by atoms with Crippen LogP contribution >= 0.6 is 0 Å². The van der Waals surface area contributed by atoms with Crippen LogP contribution in [0.3, 0.4) is 0 Å². The SMILES string of the molecule is C#Cc1c(F)ccc2cc(O)cc(Oc3nc4nc(OC[C@@]56CCCN5C[C@H](F)C6)nc(N5CCOCC(=O)C5)c4n3C3CCC3)c12. The highest BCUT2D eigenvalue weighted by atomic mass is 19.1. The van der Waals surface area contributed by atoms with Gasteiger partial charge in [0.25, 0.3) is 0 Å². The van der Waals surface area contributed by atoms with Gasteiger partial charge in [-0.1, -0.05) is 12.0 Å². The second-order valence-corrected chi connectivity index (χ2v) is 12.9. The van der Waals surface area contributed by atoms with Gasteiger partial charge < -0.3 is 24.2 Å². The summed E-state index contributed by atoms with van der Waals surface area (Å²) in [5.41, 5.74) is 0.438. The van der Waals surface area contributed by atoms with Crippen molar-refractivity contribution in [1.82, 2.24) is 24.4 Å². The van der Waals surface area contributed by atoms with Gasteiger partial charge in [0.15, 0.2) is 17.2 Å². The molecule has 13 heteroatoms. The number of aromatic nitrogens is 4. The van der Waals surface area contributed by atoms with Crippen LogP contribution in [-0.2, 0) is 9.53 Å². The zero-order valence-corrected chi connectivity index (χ0v) is 25.8. The summed E-state index contributed by atoms with van der Waals surface area (Å²) in [6.07, 6.45) is 9.68. The van der Waals surface area contributed by atoms with Crippen LogP contribution in [0.25, 0.3) is 21.9 Å². The molecule has 1 saturated carbocycles. The normalized spacial score (nSPS) is 23.6. The lowest BCUT2D eigenvalue weighted by Crippen LogP contribution is -2.43. The van der Waals surface area contributed by atoms with Crippen molar-refractivity contribution in [3.05, 3.63) is 35.6 Å². The van der Waals surface area contributed by atoms with Gasteiger partial charge in [-0.25, -0.2) is 8.78 Å². The molecule has 5 heterocycles. The number of benzene rings is 2. The number of alkyl halides is 1. The molecule has 8 rings (SSSR count). The molecule has 1 aliphatic carbocycles. The molecule has 0 unspecified atom stereocenters. The van der Waals surface area contributed by atoms with Gasteiger partial charge in [0.05, 0.1) is 24.3 Å². The van der Waals surface area contributed by atoms with Crippen LogP contribution in [-0.4, -0.2) is 93.0 Å². The summed E-state index contributed by atoms with van der Waals surface area (Å²) in [4.78, 5) is 31.1. The molecule has 2 atom stereocenters. The highest BCUT2D eigenvalue weighted by molar-refractivity contribution is 5.95. The average Bonchev–Trinajstić information content (AvgIpc) is 3.60. The molecule has 4 aromatic rings. The number of ketones is 1. The van der Waals surface area contributed by atoms with Gasteiger partial charge in [-0.05, 0) is 56.2 Å². The number of halogens is 2. The fourth-order valence-electron chi connectivity index (χ4n) is 7.52. The third-order valence-corrected chi connectivity index (χ3v) is 9.94. The van der Waals surface area contributed by atoms with Crippen LogP contribution in [0.15, 0.2) is 24.3 Å². The third-order valence-electron chi connectivity index (χ3n) is 9.94. The van der Waals surface area contributed by atoms with E-state index in [9.17, 15) is 18.7 Å². The van der Waals surface area contributed by atoms with E-state index in [1.54, 1.807) is 0 Å². The maximum absolute atomic E-state index is 14.9. The number of rotatable bonds is 7. The first kappa shape index (κ1) is 29.8. The minimum atomic E-state index is -0.907. The van der Waals surface area contributed by atoms with E-state index in [-0.39, 0.29) is 66.3 Å². The number of imidazole rings is 1. The largest absolute Gasteiger partial charge is 0.508 e. The van der Waals surface area contributed by atoms with Gasteiger partial charge in [0.1, 0.15) is 42.2 Å². The molecule has 11 nitrogen and oxygen atoms in total. The predicted octanol–water partition coefficient (Wildman–Crippen LogP) is 4.68. The number of ether oxygens (including phenoxy) is 3. The van der Waals surface area contributed by atoms with Crippen LogP contribution < -0.4 is 14.4 Å². The Bertz CT molecular complexity index is 1940. The summed E-state index contributed by atoms with van der Waals surface area (Å²) < 4.78 is 49.5. The van der Waals surface area contributed by atoms with Crippen LogP contribution in [0.1, 0.15) is 50.1 Å². The summed E-state index contributed by atoms with van der Waals surface area (Å²) in [6.45, 7) is 2.24. The minimum Gasteiger partial charge on any atom is -0.508 e. The molecular formula is C34H34F2N6O5. The standard InChI is InChI=1S/C34H34F2N6O5/c1-2-25-26(36)8-7-20-13-23(43)14-27(28(20)25)47-33-38-30-29(42(33)22-5-3-6-22)31(40-11-12-45-18-24(44)17-40)39-32(37-30)46-19-34-9-4-10-41(34)16-21(35)15-34/h1,7-8,13-14,21-22,43H,3-6,9-12,15-19H2/t21-,34+/m1/s1. The Balaban J connectivity index is 1.26. The number of hydrogen-bond acceptors (Lipinski definition) is 10. The lowest BCUT2D eigenvalue weighted by molar-refractivity contribution is -0.121. The topological polar surface area (TPSA) is 115 Å². The van der Waals surface area contributed by atoms with Gasteiger partial charge >= 0.3 is 12.0 Å². The number of phenolic OH excluding ortho intramolecular Hbond substituents is 1. The first-order valence-electron chi connectivity index (χ1n) is 16.1. The van der Waals surface area contributed by atoms with E-state index >= 15 is 0 Å². The number of fused-ring (bicyclic) bond motifs is 3. The number of phenols is 1. The number of terminal acetylenes is 1. The molecule has 0 radical (unpaired) electrons. The lowest BCUT2D eigenvalue weighted by atomic mass is 9.93. The third kappa shape index (κ3) is 5.20. The average molecular weight is 645 g/mol. The van der Waals surface area contributed by atoms with Gasteiger partial charge in [0.2, 0.25) is 0 Å². The molecule has 3 saturated heterocycles. The molecule has 1 N–H and O–H groups in total. The minimum absolute atomic E-state index is 0.00538. The molecule has 0 spiro atoms. The number of Topliss-reactive ketones (excluding diaryl/α,β-unsaturated/α-hetero) is 1. The Morgan fingerprint density at radius 3 is 2.85 bits per heavy atom. The molecule has 47 heavy (non-hydrogen) atoms. The Hall–Kier alpha value is -4.54. The van der Waals surface area contributed by atoms with Crippen LogP contribution in [0.4, 0.5) is 14.6 Å². The molecule has 4 fully saturated rings. The second kappa shape index (κ2) is 11.6. The highest BCUT2D eigenvalue weighted by Crippen LogP contribution is 2.44. The summed E-state index contributed by atoms with van der Waals surface area (Å²) in [5.74, 6) is 2.22. The zero-order valence-electron chi connectivity index (χ0n) is 25.8. The van der Waals surface area contributed by atoms with Crippen molar-refractivity contribution in [3.8, 4) is 35.9 Å². The number of carbonyl (C=O) groups excluding carboxylic acids is 1. The van der Waals surface area contributed by atoms with Crippen molar-refractivity contribution in [2.45, 2.75) is 56.3 Å². The first-order chi connectivity index (χ1) is 22.8. The molecule has 4 aliphatic rings. The summed E-state index contributed by atoms with van der Waals surface area (Å²) in [6, 6.07) is 5.86. The Morgan fingerprint density at radius 2 is 2.04 bits per heavy atom. The van der Waals surface area contributed by atoms with E-state index in [1.807, 2.05) is 9.47 Å². The maximum atomic E-state index is 14.9. The molecule has 0 amide bonds. The molecule has 2 aromatic heterocycles. The first-order valence-corrected chi connectivity index (χ1v) is 16.1. The maximum Gasteiger partial charge on any atom is 0.320 e. The monoisotopic (exact) mass is 644 g/mol. The summed E-state index contributed by atoms with van der Waals surface area (Å²) in [7, 11) is 0. The lowest BCUT2D eigenvalue weighted by Gasteiger charge is -2.31. The fourth-order valence-corrected chi connectivity index (χ4v) is 7.52. The zero-order chi connectivity index (χ0) is 32.3. The molecule has 2 aromatic carbocycles. The summed E-state index contributed by atoms with van der Waals surface area (Å²) >= 11 is 0. The van der Waals surface area contributed by atoms with Crippen molar-refractivity contribution < 1.29 is 32.9 Å². The Kier molecular flexibility index (Phi) is 7.37. The fraction of sp³-hybridized carbons (Fsp3) is 0.471. The van der Waals surface area contributed by atoms with E-state index in [0.29, 0.717) is 48.2 Å². The number of anilines is 1. The van der Waals surface area contributed by atoms with Crippen molar-refractivity contribution in [2.24, 2.45) is 0 Å². The number of aromatic hydroxyl groups is 1. The van der Waals surface area contributed by atoms with Gasteiger partial charge in [-0.15, -0.1) is 6.42 Å². The van der Waals surface area contributed by atoms with E-state index in [1.165, 1.54) is 24.3 Å². The smallest absolute Gasteiger partial charge is 0.320 e. The quantitative estimate of drug-likeness (QED) is 0.285. The number of carbonyl (C=O) groups is 1. The van der Waals surface area contributed by atoms with Crippen molar-refractivity contribution in [1.29, 1.82) is 0 Å². The van der Waals surface area contributed by atoms with E-state index in [4.69, 9.17) is 35.6 Å². The van der Waals surface area contributed by atoms with Crippen molar-refractivity contribution in [2.75, 3.05) is 50.9 Å². The summed E-state index contributed by atoms with van der Waals surface area (Å²) in [5, 5.41) is 11.4. The molecular weight excluding hydrogens is 610 g/mol. The number of hydrogen-bond donors (Lipinski definition) is 1. The van der Waals surface area contributed by atoms with Gasteiger partial charge in [0, 0.05) is 37.0 Å². The van der Waals surface area contributed by atoms with E-state index < -0.39 is 17.5 Å². The second-order valence-electron chi connectivity index (χ2n) is 12.9. The number of nitrogens with zero attached hydrogens (tertiary/aromatic N) is 6. The molecule has 244 valence electrons. The van der Waals surface area contributed by atoms with Crippen LogP contribution in [0.2, 0.25) is 0 Å². The van der Waals surface area contributed by atoms with E-state index in [0.717, 1.165) is 38.6 Å². The predicted molar refractivity (Wildman–Crippen MR) is 168 cm³/mol. The van der Waals surface area contributed by atoms with Crippen LogP contribution in [0, 0.1) is 18.2 Å². The highest BCUT2D eigenvalue weighted by Gasteiger charge is 2.49. The van der Waals surface area contributed by atoms with Crippen LogP contribution in [0.5, 0.6) is 23.5 Å². The molecule has 0 bridgehead atoms. The van der Waals surface area contributed by atoms with Gasteiger partial charge in [-0.3, -0.25) is 14.3 Å². The van der Waals surface area contributed by atoms with E-state index in [2.05, 4.69) is 10.8 Å². The van der Waals surface area contributed by atoms with Crippen molar-refractivity contribution >= 4 is 33.5 Å². The molecule has 3 aliphatic heterocycles. The van der Waals surface area contributed by atoms with Gasteiger partial charge in [-0.2, -0.15) is 15.0 Å².